The highest BCUT2D eigenvalue weighted by Crippen LogP contribution is 2.62. The van der Waals surface area contributed by atoms with E-state index >= 15 is 0 Å². The van der Waals surface area contributed by atoms with Gasteiger partial charge in [-0.1, -0.05) is 13.8 Å². The molecule has 2 rings (SSSR count). The first-order valence-electron chi connectivity index (χ1n) is 5.82. The van der Waals surface area contributed by atoms with Gasteiger partial charge in [0.1, 0.15) is 0 Å². The minimum absolute atomic E-state index is 0.787. The number of hydrogen-bond donors (Lipinski definition) is 1. The van der Waals surface area contributed by atoms with E-state index in [1.807, 2.05) is 0 Å². The summed E-state index contributed by atoms with van der Waals surface area (Å²) in [4.78, 5) is 0. The molecule has 0 aromatic carbocycles. The quantitative estimate of drug-likeness (QED) is 0.690. The van der Waals surface area contributed by atoms with Gasteiger partial charge in [0.25, 0.3) is 0 Å². The van der Waals surface area contributed by atoms with Crippen LogP contribution in [0, 0.1) is 23.2 Å². The van der Waals surface area contributed by atoms with Crippen molar-refractivity contribution in [2.75, 3.05) is 13.6 Å². The van der Waals surface area contributed by atoms with Gasteiger partial charge in [-0.15, -0.1) is 0 Å². The molecule has 0 heterocycles. The molecule has 0 bridgehead atoms. The molecule has 0 saturated heterocycles. The zero-order valence-electron chi connectivity index (χ0n) is 9.27. The van der Waals surface area contributed by atoms with Crippen LogP contribution < -0.4 is 5.32 Å². The van der Waals surface area contributed by atoms with Gasteiger partial charge in [-0.25, -0.2) is 0 Å². The topological polar surface area (TPSA) is 12.0 Å². The molecule has 1 N–H and O–H groups in total. The van der Waals surface area contributed by atoms with Crippen LogP contribution in [0.5, 0.6) is 0 Å². The first-order chi connectivity index (χ1) is 6.18. The zero-order chi connectivity index (χ0) is 9.47. The van der Waals surface area contributed by atoms with Crippen LogP contribution in [0.2, 0.25) is 0 Å². The van der Waals surface area contributed by atoms with Gasteiger partial charge in [-0.3, -0.25) is 0 Å². The lowest BCUT2D eigenvalue weighted by Gasteiger charge is -2.33. The summed E-state index contributed by atoms with van der Waals surface area (Å²) in [7, 11) is 2.08. The molecule has 0 radical (unpaired) electrons. The minimum Gasteiger partial charge on any atom is -0.319 e. The Morgan fingerprint density at radius 3 is 2.62 bits per heavy atom. The van der Waals surface area contributed by atoms with Gasteiger partial charge in [0.2, 0.25) is 0 Å². The summed E-state index contributed by atoms with van der Waals surface area (Å²) in [6, 6.07) is 0. The van der Waals surface area contributed by atoms with Crippen molar-refractivity contribution >= 4 is 0 Å². The Bertz CT molecular complexity index is 190. The fraction of sp³-hybridized carbons (Fsp3) is 1.00. The third-order valence-corrected chi connectivity index (χ3v) is 4.61. The van der Waals surface area contributed by atoms with E-state index in [1.54, 1.807) is 0 Å². The monoisotopic (exact) mass is 181 g/mol. The van der Waals surface area contributed by atoms with Crippen molar-refractivity contribution in [1.29, 1.82) is 0 Å². The fourth-order valence-corrected chi connectivity index (χ4v) is 3.27. The Hall–Kier alpha value is -0.0400. The van der Waals surface area contributed by atoms with Gasteiger partial charge < -0.3 is 5.32 Å². The molecule has 0 amide bonds. The maximum atomic E-state index is 3.33. The lowest BCUT2D eigenvalue weighted by atomic mass is 9.73. The van der Waals surface area contributed by atoms with E-state index in [9.17, 15) is 0 Å². The second-order valence-corrected chi connectivity index (χ2v) is 5.52. The second-order valence-electron chi connectivity index (χ2n) is 5.52. The highest BCUT2D eigenvalue weighted by molar-refractivity contribution is 5.05. The van der Waals surface area contributed by atoms with Crippen LogP contribution in [0.25, 0.3) is 0 Å². The predicted octanol–water partition coefficient (Wildman–Crippen LogP) is 2.67. The van der Waals surface area contributed by atoms with Gasteiger partial charge in [0, 0.05) is 0 Å². The summed E-state index contributed by atoms with van der Waals surface area (Å²) in [5, 5.41) is 3.33. The van der Waals surface area contributed by atoms with E-state index in [1.165, 1.54) is 32.2 Å². The van der Waals surface area contributed by atoms with Crippen molar-refractivity contribution in [3.63, 3.8) is 0 Å². The van der Waals surface area contributed by atoms with E-state index in [0.717, 1.165) is 23.2 Å². The van der Waals surface area contributed by atoms with Crippen molar-refractivity contribution in [3.8, 4) is 0 Å². The summed E-state index contributed by atoms with van der Waals surface area (Å²) in [6.07, 6.45) is 5.98. The Morgan fingerprint density at radius 2 is 2.00 bits per heavy atom. The zero-order valence-corrected chi connectivity index (χ0v) is 9.27. The van der Waals surface area contributed by atoms with Crippen molar-refractivity contribution in [2.45, 2.75) is 39.5 Å². The molecule has 4 unspecified atom stereocenters. The van der Waals surface area contributed by atoms with Crippen molar-refractivity contribution in [2.24, 2.45) is 23.2 Å². The van der Waals surface area contributed by atoms with Crippen molar-refractivity contribution < 1.29 is 0 Å². The van der Waals surface area contributed by atoms with Gasteiger partial charge in [0.05, 0.1) is 0 Å². The average Bonchev–Trinajstić information content (AvgIpc) is 2.74. The van der Waals surface area contributed by atoms with E-state index in [-0.39, 0.29) is 0 Å². The van der Waals surface area contributed by atoms with E-state index in [4.69, 9.17) is 0 Å². The van der Waals surface area contributed by atoms with Gasteiger partial charge in [-0.05, 0) is 62.4 Å². The molecule has 0 aliphatic heterocycles. The smallest absolute Gasteiger partial charge is 0.00180 e. The molecule has 2 aliphatic rings. The SMILES string of the molecule is CNCC1CC12CCC(C)C(C)C2. The summed E-state index contributed by atoms with van der Waals surface area (Å²) < 4.78 is 0. The lowest BCUT2D eigenvalue weighted by molar-refractivity contribution is 0.178. The molecule has 2 aliphatic carbocycles. The summed E-state index contributed by atoms with van der Waals surface area (Å²) in [6.45, 7) is 6.12. The van der Waals surface area contributed by atoms with Gasteiger partial charge in [0.15, 0.2) is 0 Å². The summed E-state index contributed by atoms with van der Waals surface area (Å²) in [5.74, 6) is 2.95. The second kappa shape index (κ2) is 3.27. The first-order valence-corrected chi connectivity index (χ1v) is 5.82. The maximum absolute atomic E-state index is 3.33. The highest BCUT2D eigenvalue weighted by Gasteiger charge is 2.55. The summed E-state index contributed by atoms with van der Waals surface area (Å²) >= 11 is 0. The third-order valence-electron chi connectivity index (χ3n) is 4.61. The normalized spacial score (nSPS) is 49.6. The van der Waals surface area contributed by atoms with Gasteiger partial charge >= 0.3 is 0 Å². The Kier molecular flexibility index (Phi) is 2.39. The molecular weight excluding hydrogens is 158 g/mol. The Morgan fingerprint density at radius 1 is 1.23 bits per heavy atom. The van der Waals surface area contributed by atoms with Crippen LogP contribution >= 0.6 is 0 Å². The van der Waals surface area contributed by atoms with Crippen LogP contribution in [-0.4, -0.2) is 13.6 Å². The molecule has 0 aromatic rings. The molecule has 76 valence electrons. The summed E-state index contributed by atoms with van der Waals surface area (Å²) in [5.41, 5.74) is 0.787. The first kappa shape index (κ1) is 9.51. The number of rotatable bonds is 2. The lowest BCUT2D eigenvalue weighted by Crippen LogP contribution is -2.25. The maximum Gasteiger partial charge on any atom is -0.00180 e. The van der Waals surface area contributed by atoms with Crippen molar-refractivity contribution in [1.82, 2.24) is 5.32 Å². The largest absolute Gasteiger partial charge is 0.319 e. The van der Waals surface area contributed by atoms with E-state index < -0.39 is 0 Å². The van der Waals surface area contributed by atoms with Crippen LogP contribution in [0.1, 0.15) is 39.5 Å². The van der Waals surface area contributed by atoms with Crippen LogP contribution in [0.3, 0.4) is 0 Å². The molecule has 13 heavy (non-hydrogen) atoms. The predicted molar refractivity (Wildman–Crippen MR) is 56.6 cm³/mol. The molecule has 4 atom stereocenters. The molecular formula is C12H23N. The molecule has 2 fully saturated rings. The number of nitrogens with one attached hydrogen (secondary N) is 1. The standard InChI is InChI=1S/C12H23N/c1-9-4-5-12(6-10(9)2)7-11(12)8-13-3/h9-11,13H,4-8H2,1-3H3. The molecule has 1 spiro atoms. The Labute approximate surface area is 82.3 Å². The van der Waals surface area contributed by atoms with Crippen molar-refractivity contribution in [3.05, 3.63) is 0 Å². The van der Waals surface area contributed by atoms with E-state index in [2.05, 4.69) is 26.2 Å². The van der Waals surface area contributed by atoms with Gasteiger partial charge in [-0.2, -0.15) is 0 Å². The van der Waals surface area contributed by atoms with Crippen LogP contribution in [0.4, 0.5) is 0 Å². The number of hydrogen-bond acceptors (Lipinski definition) is 1. The average molecular weight is 181 g/mol. The van der Waals surface area contributed by atoms with Crippen LogP contribution in [-0.2, 0) is 0 Å². The molecule has 2 saturated carbocycles. The molecule has 0 aromatic heterocycles. The van der Waals surface area contributed by atoms with Crippen LogP contribution in [0.15, 0.2) is 0 Å². The fourth-order valence-electron chi connectivity index (χ4n) is 3.27. The Balaban J connectivity index is 1.90. The highest BCUT2D eigenvalue weighted by atomic mass is 14.8. The third kappa shape index (κ3) is 1.63. The molecule has 1 nitrogen and oxygen atoms in total. The molecule has 1 heteroatoms. The van der Waals surface area contributed by atoms with E-state index in [0.29, 0.717) is 0 Å². The minimum atomic E-state index is 0.787.